The van der Waals surface area contributed by atoms with Crippen LogP contribution >= 0.6 is 0 Å². The highest BCUT2D eigenvalue weighted by Gasteiger charge is 2.01. The van der Waals surface area contributed by atoms with Crippen LogP contribution in [0.25, 0.3) is 0 Å². The SMILES string of the molecule is CCOC(C)CNCc1ccc(C(C)C)cc1. The quantitative estimate of drug-likeness (QED) is 0.782. The predicted molar refractivity (Wildman–Crippen MR) is 73.3 cm³/mol. The third-order valence-electron chi connectivity index (χ3n) is 2.86. The summed E-state index contributed by atoms with van der Waals surface area (Å²) >= 11 is 0. The molecule has 0 saturated carbocycles. The van der Waals surface area contributed by atoms with Crippen molar-refractivity contribution in [2.24, 2.45) is 0 Å². The summed E-state index contributed by atoms with van der Waals surface area (Å²) in [5, 5.41) is 3.41. The van der Waals surface area contributed by atoms with Crippen molar-refractivity contribution >= 4 is 0 Å². The minimum Gasteiger partial charge on any atom is -0.377 e. The second-order valence-electron chi connectivity index (χ2n) is 4.79. The molecule has 0 amide bonds. The van der Waals surface area contributed by atoms with E-state index in [1.807, 2.05) is 6.92 Å². The zero-order valence-electron chi connectivity index (χ0n) is 11.5. The lowest BCUT2D eigenvalue weighted by molar-refractivity contribution is 0.0759. The van der Waals surface area contributed by atoms with Crippen molar-refractivity contribution in [2.75, 3.05) is 13.2 Å². The molecule has 0 aliphatic heterocycles. The monoisotopic (exact) mass is 235 g/mol. The van der Waals surface area contributed by atoms with E-state index in [2.05, 4.69) is 50.4 Å². The maximum Gasteiger partial charge on any atom is 0.0671 e. The number of hydrogen-bond donors (Lipinski definition) is 1. The van der Waals surface area contributed by atoms with E-state index in [9.17, 15) is 0 Å². The molecule has 2 nitrogen and oxygen atoms in total. The molecule has 1 aromatic carbocycles. The first-order valence-corrected chi connectivity index (χ1v) is 6.54. The van der Waals surface area contributed by atoms with E-state index in [-0.39, 0.29) is 6.10 Å². The third kappa shape index (κ3) is 5.33. The van der Waals surface area contributed by atoms with Gasteiger partial charge in [0, 0.05) is 19.7 Å². The molecule has 96 valence electrons. The van der Waals surface area contributed by atoms with Gasteiger partial charge in [-0.2, -0.15) is 0 Å². The van der Waals surface area contributed by atoms with Crippen LogP contribution in [0.4, 0.5) is 0 Å². The average Bonchev–Trinajstić information content (AvgIpc) is 2.30. The fraction of sp³-hybridized carbons (Fsp3) is 0.600. The molecule has 1 N–H and O–H groups in total. The molecule has 0 bridgehead atoms. The topological polar surface area (TPSA) is 21.3 Å². The Morgan fingerprint density at radius 3 is 2.29 bits per heavy atom. The molecular weight excluding hydrogens is 210 g/mol. The van der Waals surface area contributed by atoms with Crippen LogP contribution in [0.15, 0.2) is 24.3 Å². The standard InChI is InChI=1S/C15H25NO/c1-5-17-13(4)10-16-11-14-6-8-15(9-7-14)12(2)3/h6-9,12-13,16H,5,10-11H2,1-4H3. The number of ether oxygens (including phenoxy) is 1. The molecule has 2 heteroatoms. The van der Waals surface area contributed by atoms with Crippen molar-refractivity contribution in [1.29, 1.82) is 0 Å². The summed E-state index contributed by atoms with van der Waals surface area (Å²) in [5.41, 5.74) is 2.73. The van der Waals surface area contributed by atoms with Gasteiger partial charge in [-0.15, -0.1) is 0 Å². The van der Waals surface area contributed by atoms with Crippen LogP contribution < -0.4 is 5.32 Å². The molecule has 1 unspecified atom stereocenters. The predicted octanol–water partition coefficient (Wildman–Crippen LogP) is 3.32. The Hall–Kier alpha value is -0.860. The van der Waals surface area contributed by atoms with Crippen LogP contribution in [0.2, 0.25) is 0 Å². The van der Waals surface area contributed by atoms with Crippen LogP contribution in [0.5, 0.6) is 0 Å². The Kier molecular flexibility index (Phi) is 6.23. The first-order chi connectivity index (χ1) is 8.13. The van der Waals surface area contributed by atoms with Gasteiger partial charge in [0.05, 0.1) is 6.10 Å². The molecular formula is C15H25NO. The van der Waals surface area contributed by atoms with Crippen LogP contribution in [-0.4, -0.2) is 19.3 Å². The van der Waals surface area contributed by atoms with Gasteiger partial charge >= 0.3 is 0 Å². The Morgan fingerprint density at radius 2 is 1.76 bits per heavy atom. The fourth-order valence-corrected chi connectivity index (χ4v) is 1.78. The smallest absolute Gasteiger partial charge is 0.0671 e. The minimum atomic E-state index is 0.287. The lowest BCUT2D eigenvalue weighted by Gasteiger charge is -2.13. The summed E-state index contributed by atoms with van der Waals surface area (Å²) in [4.78, 5) is 0. The highest BCUT2D eigenvalue weighted by atomic mass is 16.5. The van der Waals surface area contributed by atoms with E-state index >= 15 is 0 Å². The van der Waals surface area contributed by atoms with Gasteiger partial charge in [0.15, 0.2) is 0 Å². The lowest BCUT2D eigenvalue weighted by Crippen LogP contribution is -2.26. The highest BCUT2D eigenvalue weighted by molar-refractivity contribution is 5.24. The van der Waals surface area contributed by atoms with Gasteiger partial charge in [0.25, 0.3) is 0 Å². The van der Waals surface area contributed by atoms with Crippen molar-refractivity contribution in [1.82, 2.24) is 5.32 Å². The Balaban J connectivity index is 2.32. The van der Waals surface area contributed by atoms with E-state index in [1.165, 1.54) is 11.1 Å². The van der Waals surface area contributed by atoms with E-state index in [1.54, 1.807) is 0 Å². The van der Waals surface area contributed by atoms with E-state index in [4.69, 9.17) is 4.74 Å². The molecule has 1 aromatic rings. The Labute approximate surface area is 105 Å². The molecule has 0 heterocycles. The molecule has 0 saturated heterocycles. The lowest BCUT2D eigenvalue weighted by atomic mass is 10.0. The van der Waals surface area contributed by atoms with Crippen molar-refractivity contribution in [3.8, 4) is 0 Å². The normalized spacial score (nSPS) is 13.0. The maximum atomic E-state index is 5.47. The summed E-state index contributed by atoms with van der Waals surface area (Å²) in [6.07, 6.45) is 0.287. The summed E-state index contributed by atoms with van der Waals surface area (Å²) in [6, 6.07) is 8.84. The molecule has 0 radical (unpaired) electrons. The van der Waals surface area contributed by atoms with Gasteiger partial charge in [-0.3, -0.25) is 0 Å². The first kappa shape index (κ1) is 14.2. The molecule has 0 spiro atoms. The van der Waals surface area contributed by atoms with Crippen molar-refractivity contribution < 1.29 is 4.74 Å². The molecule has 0 fully saturated rings. The van der Waals surface area contributed by atoms with Crippen molar-refractivity contribution in [2.45, 2.75) is 46.3 Å². The van der Waals surface area contributed by atoms with E-state index in [0.29, 0.717) is 5.92 Å². The highest BCUT2D eigenvalue weighted by Crippen LogP contribution is 2.14. The van der Waals surface area contributed by atoms with Gasteiger partial charge in [0.1, 0.15) is 0 Å². The number of nitrogens with one attached hydrogen (secondary N) is 1. The Bertz CT molecular complexity index is 305. The maximum absolute atomic E-state index is 5.47. The molecule has 0 aromatic heterocycles. The summed E-state index contributed by atoms with van der Waals surface area (Å²) < 4.78 is 5.47. The second-order valence-corrected chi connectivity index (χ2v) is 4.79. The van der Waals surface area contributed by atoms with Gasteiger partial charge < -0.3 is 10.1 Å². The van der Waals surface area contributed by atoms with Crippen LogP contribution in [0.1, 0.15) is 44.7 Å². The number of hydrogen-bond acceptors (Lipinski definition) is 2. The molecule has 17 heavy (non-hydrogen) atoms. The zero-order valence-corrected chi connectivity index (χ0v) is 11.5. The molecule has 0 aliphatic rings. The summed E-state index contributed by atoms with van der Waals surface area (Å²) in [7, 11) is 0. The van der Waals surface area contributed by atoms with Gasteiger partial charge in [-0.25, -0.2) is 0 Å². The summed E-state index contributed by atoms with van der Waals surface area (Å²) in [6.45, 7) is 11.2. The van der Waals surface area contributed by atoms with E-state index < -0.39 is 0 Å². The Morgan fingerprint density at radius 1 is 1.12 bits per heavy atom. The third-order valence-corrected chi connectivity index (χ3v) is 2.86. The first-order valence-electron chi connectivity index (χ1n) is 6.54. The average molecular weight is 235 g/mol. The van der Waals surface area contributed by atoms with Crippen LogP contribution in [0.3, 0.4) is 0 Å². The zero-order chi connectivity index (χ0) is 12.7. The minimum absolute atomic E-state index is 0.287. The van der Waals surface area contributed by atoms with Gasteiger partial charge in [-0.05, 0) is 30.9 Å². The second kappa shape index (κ2) is 7.46. The van der Waals surface area contributed by atoms with Crippen molar-refractivity contribution in [3.63, 3.8) is 0 Å². The number of rotatable bonds is 7. The molecule has 1 atom stereocenters. The largest absolute Gasteiger partial charge is 0.377 e. The van der Waals surface area contributed by atoms with Crippen LogP contribution in [0, 0.1) is 0 Å². The molecule has 0 aliphatic carbocycles. The van der Waals surface area contributed by atoms with Crippen molar-refractivity contribution in [3.05, 3.63) is 35.4 Å². The number of benzene rings is 1. The van der Waals surface area contributed by atoms with Gasteiger partial charge in [-0.1, -0.05) is 38.1 Å². The van der Waals surface area contributed by atoms with E-state index in [0.717, 1.165) is 19.7 Å². The fourth-order valence-electron chi connectivity index (χ4n) is 1.78. The summed E-state index contributed by atoms with van der Waals surface area (Å²) in [5.74, 6) is 0.606. The molecule has 1 rings (SSSR count). The van der Waals surface area contributed by atoms with Gasteiger partial charge in [0.2, 0.25) is 0 Å². The van der Waals surface area contributed by atoms with Crippen LogP contribution in [-0.2, 0) is 11.3 Å².